The molecular formula is C35H30O3. The third-order valence-corrected chi connectivity index (χ3v) is 7.82. The molecule has 0 bridgehead atoms. The minimum Gasteiger partial charge on any atom is -0.494 e. The number of benzene rings is 4. The van der Waals surface area contributed by atoms with E-state index in [0.717, 1.165) is 30.8 Å². The highest BCUT2D eigenvalue weighted by atomic mass is 16.6. The van der Waals surface area contributed by atoms with Crippen molar-refractivity contribution >= 4 is 34.6 Å². The average molecular weight is 499 g/mol. The molecule has 188 valence electrons. The summed E-state index contributed by atoms with van der Waals surface area (Å²) in [4.78, 5) is 0. The van der Waals surface area contributed by atoms with E-state index in [2.05, 4.69) is 78.9 Å². The lowest BCUT2D eigenvalue weighted by Gasteiger charge is -2.25. The van der Waals surface area contributed by atoms with Gasteiger partial charge in [-0.3, -0.25) is 0 Å². The van der Waals surface area contributed by atoms with E-state index < -0.39 is 0 Å². The van der Waals surface area contributed by atoms with Crippen LogP contribution in [-0.2, 0) is 16.1 Å². The van der Waals surface area contributed by atoms with Crippen molar-refractivity contribution in [1.29, 1.82) is 0 Å². The first-order valence-electron chi connectivity index (χ1n) is 13.5. The Morgan fingerprint density at radius 3 is 2.42 bits per heavy atom. The third kappa shape index (κ3) is 4.28. The summed E-state index contributed by atoms with van der Waals surface area (Å²) in [5, 5.41) is 7.87. The smallest absolute Gasteiger partial charge is 0.157 e. The summed E-state index contributed by atoms with van der Waals surface area (Å²) in [6, 6.07) is 28.0. The summed E-state index contributed by atoms with van der Waals surface area (Å²) in [6.45, 7) is 1.75. The molecule has 0 unspecified atom stereocenters. The minimum absolute atomic E-state index is 0.226. The van der Waals surface area contributed by atoms with Gasteiger partial charge in [-0.05, 0) is 74.2 Å². The van der Waals surface area contributed by atoms with E-state index in [-0.39, 0.29) is 5.92 Å². The van der Waals surface area contributed by atoms with Gasteiger partial charge in [0.05, 0.1) is 0 Å². The van der Waals surface area contributed by atoms with Crippen LogP contribution in [0.3, 0.4) is 0 Å². The number of hydrogen-bond donors (Lipinski definition) is 0. The summed E-state index contributed by atoms with van der Waals surface area (Å²) in [7, 11) is 0. The van der Waals surface area contributed by atoms with Crippen molar-refractivity contribution < 1.29 is 14.2 Å². The lowest BCUT2D eigenvalue weighted by Crippen LogP contribution is -2.36. The molecule has 2 aliphatic carbocycles. The molecule has 0 N–H and O–H groups in total. The number of ether oxygens (including phenoxy) is 3. The normalized spacial score (nSPS) is 17.9. The fraction of sp³-hybridized carbons (Fsp3) is 0.200. The Hall–Kier alpha value is -4.24. The zero-order valence-corrected chi connectivity index (χ0v) is 21.4. The van der Waals surface area contributed by atoms with Crippen LogP contribution >= 0.6 is 0 Å². The highest BCUT2D eigenvalue weighted by Gasteiger charge is 2.22. The van der Waals surface area contributed by atoms with Crippen molar-refractivity contribution in [2.24, 2.45) is 0 Å². The second-order valence-corrected chi connectivity index (χ2v) is 10.2. The highest BCUT2D eigenvalue weighted by Crippen LogP contribution is 2.33. The van der Waals surface area contributed by atoms with E-state index in [1.165, 1.54) is 48.3 Å². The number of hydrogen-bond acceptors (Lipinski definition) is 3. The first kappa shape index (κ1) is 22.9. The van der Waals surface area contributed by atoms with E-state index in [1.807, 2.05) is 18.2 Å². The van der Waals surface area contributed by atoms with Gasteiger partial charge in [0.25, 0.3) is 0 Å². The largest absolute Gasteiger partial charge is 0.494 e. The summed E-state index contributed by atoms with van der Waals surface area (Å²) < 4.78 is 17.8. The maximum atomic E-state index is 6.11. The van der Waals surface area contributed by atoms with Crippen molar-refractivity contribution in [3.63, 3.8) is 0 Å². The van der Waals surface area contributed by atoms with Gasteiger partial charge in [-0.25, -0.2) is 0 Å². The van der Waals surface area contributed by atoms with Gasteiger partial charge in [0, 0.05) is 11.5 Å². The Morgan fingerprint density at radius 2 is 1.58 bits per heavy atom. The van der Waals surface area contributed by atoms with Crippen molar-refractivity contribution in [2.45, 2.75) is 31.8 Å². The third-order valence-electron chi connectivity index (χ3n) is 7.82. The zero-order chi connectivity index (χ0) is 25.3. The molecule has 7 rings (SSSR count). The summed E-state index contributed by atoms with van der Waals surface area (Å²) >= 11 is 0. The van der Waals surface area contributed by atoms with Crippen molar-refractivity contribution in [1.82, 2.24) is 0 Å². The minimum atomic E-state index is 0.226. The van der Waals surface area contributed by atoms with Crippen LogP contribution in [-0.4, -0.2) is 13.2 Å². The number of allylic oxidation sites excluding steroid dienone is 1. The van der Waals surface area contributed by atoms with Gasteiger partial charge >= 0.3 is 0 Å². The Bertz CT molecular complexity index is 1780. The molecular weight excluding hydrogens is 468 g/mol. The van der Waals surface area contributed by atoms with Crippen LogP contribution in [0.25, 0.3) is 34.6 Å². The van der Waals surface area contributed by atoms with Gasteiger partial charge < -0.3 is 14.2 Å². The second-order valence-electron chi connectivity index (χ2n) is 10.2. The first-order valence-corrected chi connectivity index (χ1v) is 13.5. The fourth-order valence-corrected chi connectivity index (χ4v) is 5.90. The monoisotopic (exact) mass is 498 g/mol. The predicted molar refractivity (Wildman–Crippen MR) is 153 cm³/mol. The van der Waals surface area contributed by atoms with Crippen LogP contribution in [0.5, 0.6) is 5.75 Å². The lowest BCUT2D eigenvalue weighted by atomic mass is 9.84. The van der Waals surface area contributed by atoms with Gasteiger partial charge in [0.2, 0.25) is 0 Å². The van der Waals surface area contributed by atoms with Gasteiger partial charge in [0.1, 0.15) is 31.8 Å². The van der Waals surface area contributed by atoms with Crippen LogP contribution in [0.15, 0.2) is 90.9 Å². The van der Waals surface area contributed by atoms with Crippen molar-refractivity contribution in [3.8, 4) is 5.75 Å². The standard InChI is InChI=1S/C35H30O3/c1-2-6-24(7-3-1)22-38-28-13-10-25(11-14-28)27-20-33-31-15-12-26-8-4-5-9-29(26)30(31)16-17-32(33)34(21-27)35-23-36-18-19-37-35/h1-3,6-17,20,23,27H,4-5,18-19,21-22H2/t27-/m1/s1. The summed E-state index contributed by atoms with van der Waals surface area (Å²) in [5.74, 6) is 1.97. The molecule has 0 aromatic heterocycles. The van der Waals surface area contributed by atoms with Crippen LogP contribution in [0, 0.1) is 0 Å². The molecule has 0 saturated carbocycles. The van der Waals surface area contributed by atoms with Crippen LogP contribution < -0.4 is 25.6 Å². The van der Waals surface area contributed by atoms with E-state index in [0.29, 0.717) is 19.8 Å². The van der Waals surface area contributed by atoms with E-state index >= 15 is 0 Å². The fourth-order valence-electron chi connectivity index (χ4n) is 5.90. The molecule has 3 aliphatic rings. The molecule has 0 spiro atoms. The molecule has 1 aliphatic heterocycles. The Labute approximate surface area is 222 Å². The van der Waals surface area contributed by atoms with Gasteiger partial charge in [-0.15, -0.1) is 0 Å². The maximum Gasteiger partial charge on any atom is 0.157 e. The molecule has 4 aromatic rings. The van der Waals surface area contributed by atoms with E-state index in [4.69, 9.17) is 14.2 Å². The molecule has 0 amide bonds. The van der Waals surface area contributed by atoms with Crippen LogP contribution in [0.4, 0.5) is 0 Å². The molecule has 38 heavy (non-hydrogen) atoms. The molecule has 0 saturated heterocycles. The molecule has 3 heteroatoms. The molecule has 0 radical (unpaired) electrons. The van der Waals surface area contributed by atoms with E-state index in [1.54, 1.807) is 6.26 Å². The molecule has 3 nitrogen and oxygen atoms in total. The van der Waals surface area contributed by atoms with Crippen molar-refractivity contribution in [2.75, 3.05) is 13.2 Å². The van der Waals surface area contributed by atoms with Gasteiger partial charge in [0.15, 0.2) is 5.76 Å². The Balaban J connectivity index is 1.31. The molecule has 0 fully saturated rings. The number of rotatable bonds is 5. The number of fused-ring (bicyclic) bond motifs is 5. The average Bonchev–Trinajstić information content (AvgIpc) is 3.00. The van der Waals surface area contributed by atoms with Crippen LogP contribution in [0.1, 0.15) is 36.3 Å². The Morgan fingerprint density at radius 1 is 0.763 bits per heavy atom. The van der Waals surface area contributed by atoms with E-state index in [9.17, 15) is 0 Å². The molecule has 1 atom stereocenters. The first-order chi connectivity index (χ1) is 18.8. The summed E-state index contributed by atoms with van der Waals surface area (Å²) in [5.41, 5.74) is 3.65. The predicted octanol–water partition coefficient (Wildman–Crippen LogP) is 4.78. The maximum absolute atomic E-state index is 6.11. The van der Waals surface area contributed by atoms with Crippen LogP contribution in [0.2, 0.25) is 0 Å². The summed E-state index contributed by atoms with van der Waals surface area (Å²) in [6.07, 6.45) is 12.1. The topological polar surface area (TPSA) is 27.7 Å². The SMILES string of the molecule is C1=C(C2=c3ccc4c5c(ccc4c3=C[C@@H](c3ccc(OCc4ccccc4)cc3)C2)=CCCC=5)OCCO1. The quantitative estimate of drug-likeness (QED) is 0.396. The Kier molecular flexibility index (Phi) is 5.97. The highest BCUT2D eigenvalue weighted by molar-refractivity contribution is 5.87. The second kappa shape index (κ2) is 9.90. The lowest BCUT2D eigenvalue weighted by molar-refractivity contribution is 0.0931. The van der Waals surface area contributed by atoms with Crippen molar-refractivity contribution in [3.05, 3.63) is 123 Å². The van der Waals surface area contributed by atoms with Gasteiger partial charge in [-0.2, -0.15) is 0 Å². The molecule has 1 heterocycles. The van der Waals surface area contributed by atoms with Gasteiger partial charge in [-0.1, -0.05) is 85.0 Å². The zero-order valence-electron chi connectivity index (χ0n) is 21.4. The molecule has 4 aromatic carbocycles.